The van der Waals surface area contributed by atoms with Crippen molar-refractivity contribution in [3.05, 3.63) is 5.89 Å². The van der Waals surface area contributed by atoms with E-state index in [9.17, 15) is 4.79 Å². The summed E-state index contributed by atoms with van der Waals surface area (Å²) in [4.78, 5) is 13.0. The van der Waals surface area contributed by atoms with Crippen LogP contribution in [0.4, 0.5) is 6.01 Å². The van der Waals surface area contributed by atoms with Gasteiger partial charge in [0, 0.05) is 6.54 Å². The number of anilines is 1. The number of amides is 1. The lowest BCUT2D eigenvalue weighted by molar-refractivity contribution is -0.121. The molecule has 2 heterocycles. The van der Waals surface area contributed by atoms with Gasteiger partial charge in [0.15, 0.2) is 0 Å². The number of nitrogens with zero attached hydrogens (tertiary/aromatic N) is 3. The monoisotopic (exact) mass is 255 g/mol. The fourth-order valence-electron chi connectivity index (χ4n) is 1.73. The summed E-state index contributed by atoms with van der Waals surface area (Å²) >= 11 is 0. The quantitative estimate of drug-likeness (QED) is 0.685. The van der Waals surface area contributed by atoms with Gasteiger partial charge in [-0.3, -0.25) is 4.79 Å². The molecule has 8 heteroatoms. The fourth-order valence-corrected chi connectivity index (χ4v) is 1.73. The molecular formula is C10H17N5O3. The lowest BCUT2D eigenvalue weighted by Gasteiger charge is -2.31. The predicted molar refractivity (Wildman–Crippen MR) is 62.8 cm³/mol. The van der Waals surface area contributed by atoms with Gasteiger partial charge in [-0.1, -0.05) is 12.0 Å². The van der Waals surface area contributed by atoms with Crippen LogP contribution in [0.25, 0.3) is 0 Å². The number of rotatable bonds is 5. The highest BCUT2D eigenvalue weighted by Gasteiger charge is 2.31. The highest BCUT2D eigenvalue weighted by atomic mass is 16.5. The lowest BCUT2D eigenvalue weighted by atomic mass is 10.2. The summed E-state index contributed by atoms with van der Waals surface area (Å²) in [5.41, 5.74) is 5.32. The summed E-state index contributed by atoms with van der Waals surface area (Å²) in [6.07, 6.45) is 0. The van der Waals surface area contributed by atoms with E-state index in [0.717, 1.165) is 6.54 Å². The zero-order chi connectivity index (χ0) is 13.0. The summed E-state index contributed by atoms with van der Waals surface area (Å²) in [6, 6.07) is -0.235. The summed E-state index contributed by atoms with van der Waals surface area (Å²) in [5.74, 6) is 0.0303. The van der Waals surface area contributed by atoms with Gasteiger partial charge in [0.05, 0.1) is 19.8 Å². The number of carbonyl (C=O) groups excluding carboxylic acids is 1. The number of hydrogen-bond acceptors (Lipinski definition) is 7. The van der Waals surface area contributed by atoms with Crippen molar-refractivity contribution >= 4 is 11.9 Å². The van der Waals surface area contributed by atoms with E-state index < -0.39 is 11.9 Å². The molecule has 0 aromatic carbocycles. The van der Waals surface area contributed by atoms with Gasteiger partial charge in [0.1, 0.15) is 6.04 Å². The molecule has 8 nitrogen and oxygen atoms in total. The average molecular weight is 255 g/mol. The van der Waals surface area contributed by atoms with Gasteiger partial charge in [-0.2, -0.15) is 0 Å². The smallest absolute Gasteiger partial charge is 0.319 e. The second-order valence-corrected chi connectivity index (χ2v) is 3.95. The van der Waals surface area contributed by atoms with Crippen molar-refractivity contribution in [2.24, 2.45) is 5.73 Å². The molecule has 1 aliphatic rings. The van der Waals surface area contributed by atoms with Crippen molar-refractivity contribution in [2.75, 3.05) is 31.2 Å². The molecule has 100 valence electrons. The van der Waals surface area contributed by atoms with Crippen molar-refractivity contribution in [2.45, 2.75) is 19.5 Å². The zero-order valence-corrected chi connectivity index (χ0v) is 10.3. The molecule has 1 saturated heterocycles. The number of hydrogen-bond donors (Lipinski definition) is 2. The topological polar surface area (TPSA) is 107 Å². The van der Waals surface area contributed by atoms with Crippen LogP contribution < -0.4 is 16.0 Å². The molecule has 0 aliphatic carbocycles. The van der Waals surface area contributed by atoms with Crippen LogP contribution in [0.1, 0.15) is 12.8 Å². The van der Waals surface area contributed by atoms with Crippen molar-refractivity contribution in [3.63, 3.8) is 0 Å². The number of nitrogens with one attached hydrogen (secondary N) is 1. The Hall–Kier alpha value is -1.67. The fraction of sp³-hybridized carbons (Fsp3) is 0.700. The minimum absolute atomic E-state index is 0.250. The third-order valence-electron chi connectivity index (χ3n) is 2.69. The first-order chi connectivity index (χ1) is 8.72. The first-order valence-electron chi connectivity index (χ1n) is 5.89. The molecule has 1 amide bonds. The van der Waals surface area contributed by atoms with Crippen LogP contribution in [-0.4, -0.2) is 48.4 Å². The maximum absolute atomic E-state index is 11.3. The molecular weight excluding hydrogens is 238 g/mol. The summed E-state index contributed by atoms with van der Waals surface area (Å²) in [7, 11) is 0. The van der Waals surface area contributed by atoms with Crippen molar-refractivity contribution in [1.82, 2.24) is 15.5 Å². The third-order valence-corrected chi connectivity index (χ3v) is 2.69. The molecule has 0 saturated carbocycles. The van der Waals surface area contributed by atoms with Gasteiger partial charge >= 0.3 is 6.01 Å². The summed E-state index contributed by atoms with van der Waals surface area (Å²) < 4.78 is 10.7. The van der Waals surface area contributed by atoms with Gasteiger partial charge in [0.25, 0.3) is 0 Å². The molecule has 3 N–H and O–H groups in total. The predicted octanol–water partition coefficient (Wildman–Crippen LogP) is -1.13. The molecule has 1 fully saturated rings. The Balaban J connectivity index is 2.08. The van der Waals surface area contributed by atoms with E-state index in [2.05, 4.69) is 15.5 Å². The molecule has 1 aliphatic heterocycles. The molecule has 1 aromatic heterocycles. The van der Waals surface area contributed by atoms with E-state index in [1.54, 1.807) is 4.90 Å². The van der Waals surface area contributed by atoms with E-state index in [4.69, 9.17) is 14.9 Å². The van der Waals surface area contributed by atoms with Crippen LogP contribution >= 0.6 is 0 Å². The second-order valence-electron chi connectivity index (χ2n) is 3.95. The highest BCUT2D eigenvalue weighted by Crippen LogP contribution is 2.18. The van der Waals surface area contributed by atoms with Gasteiger partial charge < -0.3 is 25.1 Å². The summed E-state index contributed by atoms with van der Waals surface area (Å²) in [6.45, 7) is 4.59. The minimum Gasteiger partial charge on any atom is -0.407 e. The van der Waals surface area contributed by atoms with Gasteiger partial charge in [-0.05, 0) is 6.54 Å². The van der Waals surface area contributed by atoms with Crippen molar-refractivity contribution in [3.8, 4) is 0 Å². The van der Waals surface area contributed by atoms with E-state index in [0.29, 0.717) is 31.6 Å². The number of ether oxygens (including phenoxy) is 1. The Morgan fingerprint density at radius 3 is 3.17 bits per heavy atom. The first kappa shape index (κ1) is 12.8. The van der Waals surface area contributed by atoms with Crippen LogP contribution in [0.15, 0.2) is 4.42 Å². The Morgan fingerprint density at radius 1 is 1.61 bits per heavy atom. The molecule has 1 aromatic rings. The average Bonchev–Trinajstić information content (AvgIpc) is 2.85. The minimum atomic E-state index is -0.550. The summed E-state index contributed by atoms with van der Waals surface area (Å²) in [5, 5.41) is 10.9. The van der Waals surface area contributed by atoms with Gasteiger partial charge in [-0.15, -0.1) is 5.10 Å². The van der Waals surface area contributed by atoms with Gasteiger partial charge in [0.2, 0.25) is 11.8 Å². The Morgan fingerprint density at radius 2 is 2.44 bits per heavy atom. The standard InChI is InChI=1S/C10H17N5O3/c1-2-12-5-8-13-14-10(18-8)15-3-4-17-6-7(15)9(11)16/h7,12H,2-6H2,1H3,(H2,11,16). The maximum Gasteiger partial charge on any atom is 0.319 e. The van der Waals surface area contributed by atoms with Crippen LogP contribution in [0.3, 0.4) is 0 Å². The lowest BCUT2D eigenvalue weighted by Crippen LogP contribution is -2.52. The molecule has 2 rings (SSSR count). The van der Waals surface area contributed by atoms with Crippen LogP contribution in [0, 0.1) is 0 Å². The number of morpholine rings is 1. The third kappa shape index (κ3) is 2.77. The molecule has 1 atom stereocenters. The SMILES string of the molecule is CCNCc1nnc(N2CCOCC2C(N)=O)o1. The largest absolute Gasteiger partial charge is 0.407 e. The van der Waals surface area contributed by atoms with Crippen LogP contribution in [-0.2, 0) is 16.1 Å². The Kier molecular flexibility index (Phi) is 4.11. The molecule has 0 radical (unpaired) electrons. The molecule has 1 unspecified atom stereocenters. The Labute approximate surface area is 104 Å². The van der Waals surface area contributed by atoms with E-state index in [1.807, 2.05) is 6.92 Å². The normalized spacial score (nSPS) is 20.1. The zero-order valence-electron chi connectivity index (χ0n) is 10.3. The molecule has 0 bridgehead atoms. The van der Waals surface area contributed by atoms with Crippen LogP contribution in [0.2, 0.25) is 0 Å². The first-order valence-corrected chi connectivity index (χ1v) is 5.89. The number of aromatic nitrogens is 2. The van der Waals surface area contributed by atoms with Crippen molar-refractivity contribution < 1.29 is 13.9 Å². The van der Waals surface area contributed by atoms with E-state index >= 15 is 0 Å². The van der Waals surface area contributed by atoms with Crippen LogP contribution in [0.5, 0.6) is 0 Å². The second kappa shape index (κ2) is 5.78. The van der Waals surface area contributed by atoms with Gasteiger partial charge in [-0.25, -0.2) is 0 Å². The Bertz CT molecular complexity index is 408. The molecule has 18 heavy (non-hydrogen) atoms. The number of primary amides is 1. The maximum atomic E-state index is 11.3. The van der Waals surface area contributed by atoms with E-state index in [-0.39, 0.29) is 6.61 Å². The number of carbonyl (C=O) groups is 1. The van der Waals surface area contributed by atoms with E-state index in [1.165, 1.54) is 0 Å². The van der Waals surface area contributed by atoms with Crippen molar-refractivity contribution in [1.29, 1.82) is 0 Å². The number of nitrogens with two attached hydrogens (primary N) is 1. The highest BCUT2D eigenvalue weighted by molar-refractivity contribution is 5.83. The molecule has 0 spiro atoms.